The molecule has 82 valence electrons. The van der Waals surface area contributed by atoms with Crippen LogP contribution in [-0.4, -0.2) is 11.0 Å². The van der Waals surface area contributed by atoms with Gasteiger partial charge in [-0.2, -0.15) is 0 Å². The molecule has 1 aliphatic carbocycles. The first kappa shape index (κ1) is 10.7. The van der Waals surface area contributed by atoms with Gasteiger partial charge in [0.05, 0.1) is 5.02 Å². The fraction of sp³-hybridized carbons (Fsp3) is 0.583. The van der Waals surface area contributed by atoms with E-state index in [1.54, 1.807) is 6.20 Å². The molecule has 1 fully saturated rings. The van der Waals surface area contributed by atoms with E-state index in [4.69, 9.17) is 11.6 Å². The minimum Gasteiger partial charge on any atom is -0.366 e. The van der Waals surface area contributed by atoms with Crippen molar-refractivity contribution in [3.63, 3.8) is 0 Å². The average Bonchev–Trinajstić information content (AvgIpc) is 2.22. The second-order valence-corrected chi connectivity index (χ2v) is 4.85. The fourth-order valence-corrected chi connectivity index (χ4v) is 2.43. The van der Waals surface area contributed by atoms with E-state index >= 15 is 0 Å². The molecule has 0 bridgehead atoms. The van der Waals surface area contributed by atoms with Crippen molar-refractivity contribution in [1.82, 2.24) is 4.98 Å². The Bertz CT molecular complexity index is 327. The third-order valence-electron chi connectivity index (χ3n) is 3.04. The van der Waals surface area contributed by atoms with Gasteiger partial charge in [0.25, 0.3) is 0 Å². The number of aromatic nitrogens is 1. The van der Waals surface area contributed by atoms with Gasteiger partial charge >= 0.3 is 0 Å². The van der Waals surface area contributed by atoms with Gasteiger partial charge in [0.2, 0.25) is 0 Å². The monoisotopic (exact) mass is 224 g/mol. The van der Waals surface area contributed by atoms with Crippen molar-refractivity contribution in [2.75, 3.05) is 5.32 Å². The molecule has 0 aliphatic heterocycles. The highest BCUT2D eigenvalue weighted by Crippen LogP contribution is 2.27. The van der Waals surface area contributed by atoms with Gasteiger partial charge in [-0.1, -0.05) is 31.4 Å². The number of anilines is 1. The molecule has 2 rings (SSSR count). The summed E-state index contributed by atoms with van der Waals surface area (Å²) in [5.74, 6) is 1.65. The molecule has 0 saturated heterocycles. The maximum absolute atomic E-state index is 6.05. The Morgan fingerprint density at radius 2 is 2.33 bits per heavy atom. The first-order valence-corrected chi connectivity index (χ1v) is 6.00. The fourth-order valence-electron chi connectivity index (χ4n) is 2.25. The van der Waals surface area contributed by atoms with Crippen LogP contribution < -0.4 is 5.32 Å². The summed E-state index contributed by atoms with van der Waals surface area (Å²) in [5.41, 5.74) is 0. The van der Waals surface area contributed by atoms with Crippen LogP contribution >= 0.6 is 11.6 Å². The highest BCUT2D eigenvalue weighted by Gasteiger charge is 2.19. The minimum absolute atomic E-state index is 0.543. The molecule has 2 unspecified atom stereocenters. The summed E-state index contributed by atoms with van der Waals surface area (Å²) in [6, 6.07) is 4.28. The van der Waals surface area contributed by atoms with Gasteiger partial charge in [-0.25, -0.2) is 4.98 Å². The van der Waals surface area contributed by atoms with Crippen molar-refractivity contribution in [3.8, 4) is 0 Å². The number of hydrogen-bond donors (Lipinski definition) is 1. The van der Waals surface area contributed by atoms with Crippen LogP contribution in [0.2, 0.25) is 5.02 Å². The zero-order valence-electron chi connectivity index (χ0n) is 9.04. The predicted octanol–water partition coefficient (Wildman–Crippen LogP) is 3.73. The molecule has 15 heavy (non-hydrogen) atoms. The standard InChI is InChI=1S/C12H17ClN2/c1-9-4-2-5-10(8-9)15-12-11(13)6-3-7-14-12/h3,6-7,9-10H,2,4-5,8H2,1H3,(H,14,15). The molecule has 2 nitrogen and oxygen atoms in total. The Morgan fingerprint density at radius 3 is 3.07 bits per heavy atom. The van der Waals surface area contributed by atoms with Gasteiger partial charge < -0.3 is 5.32 Å². The van der Waals surface area contributed by atoms with Crippen LogP contribution in [0.3, 0.4) is 0 Å². The summed E-state index contributed by atoms with van der Waals surface area (Å²) < 4.78 is 0. The van der Waals surface area contributed by atoms with E-state index < -0.39 is 0 Å². The van der Waals surface area contributed by atoms with Gasteiger partial charge in [0.15, 0.2) is 0 Å². The van der Waals surface area contributed by atoms with Crippen molar-refractivity contribution in [1.29, 1.82) is 0 Å². The Hall–Kier alpha value is -0.760. The molecule has 1 heterocycles. The SMILES string of the molecule is CC1CCCC(Nc2ncccc2Cl)C1. The second kappa shape index (κ2) is 4.84. The van der Waals surface area contributed by atoms with Crippen LogP contribution in [-0.2, 0) is 0 Å². The van der Waals surface area contributed by atoms with E-state index in [0.717, 1.165) is 16.8 Å². The number of nitrogens with zero attached hydrogens (tertiary/aromatic N) is 1. The molecule has 0 spiro atoms. The maximum Gasteiger partial charge on any atom is 0.144 e. The molecular weight excluding hydrogens is 208 g/mol. The number of rotatable bonds is 2. The smallest absolute Gasteiger partial charge is 0.144 e. The molecule has 1 saturated carbocycles. The normalized spacial score (nSPS) is 26.3. The Labute approximate surface area is 96.1 Å². The minimum atomic E-state index is 0.543. The largest absolute Gasteiger partial charge is 0.366 e. The van der Waals surface area contributed by atoms with Gasteiger partial charge in [-0.3, -0.25) is 0 Å². The second-order valence-electron chi connectivity index (χ2n) is 4.45. The molecule has 1 aliphatic rings. The molecule has 0 amide bonds. The molecule has 1 aromatic rings. The van der Waals surface area contributed by atoms with Crippen LogP contribution in [0.25, 0.3) is 0 Å². The average molecular weight is 225 g/mol. The van der Waals surface area contributed by atoms with Crippen molar-refractivity contribution in [3.05, 3.63) is 23.4 Å². The summed E-state index contributed by atoms with van der Waals surface area (Å²) in [4.78, 5) is 4.25. The van der Waals surface area contributed by atoms with Gasteiger partial charge in [0.1, 0.15) is 5.82 Å². The predicted molar refractivity (Wildman–Crippen MR) is 64.3 cm³/mol. The van der Waals surface area contributed by atoms with E-state index in [1.165, 1.54) is 25.7 Å². The molecular formula is C12H17ClN2. The molecule has 3 heteroatoms. The number of hydrogen-bond acceptors (Lipinski definition) is 2. The van der Waals surface area contributed by atoms with Crippen LogP contribution in [0.5, 0.6) is 0 Å². The van der Waals surface area contributed by atoms with E-state index in [9.17, 15) is 0 Å². The number of halogens is 1. The van der Waals surface area contributed by atoms with Crippen molar-refractivity contribution >= 4 is 17.4 Å². The lowest BCUT2D eigenvalue weighted by Crippen LogP contribution is -2.26. The van der Waals surface area contributed by atoms with E-state index in [1.807, 2.05) is 12.1 Å². The molecule has 1 aromatic heterocycles. The zero-order chi connectivity index (χ0) is 10.7. The molecule has 1 N–H and O–H groups in total. The molecule has 0 aromatic carbocycles. The summed E-state index contributed by atoms with van der Waals surface area (Å²) in [7, 11) is 0. The lowest BCUT2D eigenvalue weighted by molar-refractivity contribution is 0.358. The lowest BCUT2D eigenvalue weighted by atomic mass is 9.87. The first-order valence-electron chi connectivity index (χ1n) is 5.63. The van der Waals surface area contributed by atoms with E-state index in [2.05, 4.69) is 17.2 Å². The van der Waals surface area contributed by atoms with E-state index in [-0.39, 0.29) is 0 Å². The van der Waals surface area contributed by atoms with E-state index in [0.29, 0.717) is 6.04 Å². The third-order valence-corrected chi connectivity index (χ3v) is 3.34. The summed E-state index contributed by atoms with van der Waals surface area (Å²) in [5, 5.41) is 4.15. The maximum atomic E-state index is 6.05. The van der Waals surface area contributed by atoms with Crippen LogP contribution in [0.15, 0.2) is 18.3 Å². The highest BCUT2D eigenvalue weighted by molar-refractivity contribution is 6.32. The van der Waals surface area contributed by atoms with Gasteiger partial charge in [-0.15, -0.1) is 0 Å². The summed E-state index contributed by atoms with van der Waals surface area (Å²) in [6.07, 6.45) is 6.90. The quantitative estimate of drug-likeness (QED) is 0.828. The lowest BCUT2D eigenvalue weighted by Gasteiger charge is -2.28. The Morgan fingerprint density at radius 1 is 1.47 bits per heavy atom. The Balaban J connectivity index is 1.99. The molecule has 0 radical (unpaired) electrons. The summed E-state index contributed by atoms with van der Waals surface area (Å²) in [6.45, 7) is 2.31. The zero-order valence-corrected chi connectivity index (χ0v) is 9.80. The van der Waals surface area contributed by atoms with Crippen LogP contribution in [0.4, 0.5) is 5.82 Å². The number of nitrogens with one attached hydrogen (secondary N) is 1. The highest BCUT2D eigenvalue weighted by atomic mass is 35.5. The van der Waals surface area contributed by atoms with Crippen LogP contribution in [0, 0.1) is 5.92 Å². The molecule has 2 atom stereocenters. The van der Waals surface area contributed by atoms with Crippen molar-refractivity contribution in [2.24, 2.45) is 5.92 Å². The van der Waals surface area contributed by atoms with Crippen molar-refractivity contribution < 1.29 is 0 Å². The van der Waals surface area contributed by atoms with Crippen LogP contribution in [0.1, 0.15) is 32.6 Å². The van der Waals surface area contributed by atoms with Gasteiger partial charge in [-0.05, 0) is 30.9 Å². The topological polar surface area (TPSA) is 24.9 Å². The third kappa shape index (κ3) is 2.85. The van der Waals surface area contributed by atoms with Crippen molar-refractivity contribution in [2.45, 2.75) is 38.6 Å². The Kier molecular flexibility index (Phi) is 3.47. The first-order chi connectivity index (χ1) is 7.25. The number of pyridine rings is 1. The van der Waals surface area contributed by atoms with Gasteiger partial charge in [0, 0.05) is 12.2 Å². The summed E-state index contributed by atoms with van der Waals surface area (Å²) >= 11 is 6.05.